The molecule has 0 saturated carbocycles. The third kappa shape index (κ3) is 6.43. The molecule has 0 spiro atoms. The summed E-state index contributed by atoms with van der Waals surface area (Å²) in [6.07, 6.45) is -0.442. The topological polar surface area (TPSA) is 127 Å². The Kier molecular flexibility index (Phi) is 8.07. The van der Waals surface area contributed by atoms with Gasteiger partial charge in [-0.05, 0) is 22.3 Å². The van der Waals surface area contributed by atoms with E-state index in [9.17, 15) is 14.4 Å². The lowest BCUT2D eigenvalue weighted by molar-refractivity contribution is -0.142. The van der Waals surface area contributed by atoms with Crippen molar-refractivity contribution in [2.45, 2.75) is 18.9 Å². The van der Waals surface area contributed by atoms with E-state index in [1.807, 2.05) is 24.3 Å². The third-order valence-electron chi connectivity index (χ3n) is 5.46. The number of alkyl carbamates (subject to hydrolysis) is 1. The van der Waals surface area contributed by atoms with E-state index in [2.05, 4.69) is 39.9 Å². The number of aliphatic carboxylic acids is 1. The van der Waals surface area contributed by atoms with Crippen LogP contribution in [0.15, 0.2) is 53.9 Å². The van der Waals surface area contributed by atoms with Gasteiger partial charge < -0.3 is 25.2 Å². The zero-order chi connectivity index (χ0) is 24.6. The standard InChI is InChI=1S/C25H25N3O6S/c29-22(26-9-10-33-14-24(30)31)11-16-15-35-23(28-16)12-27-25(32)34-13-21-19-7-3-1-5-17(19)18-6-2-4-8-20(18)21/h1-8,15,21H,9-14H2,(H,26,29)(H,27,32)(H,30,31). The van der Waals surface area contributed by atoms with Gasteiger partial charge in [-0.3, -0.25) is 4.79 Å². The van der Waals surface area contributed by atoms with Gasteiger partial charge in [-0.25, -0.2) is 14.6 Å². The molecule has 1 aliphatic rings. The summed E-state index contributed by atoms with van der Waals surface area (Å²) in [5, 5.41) is 16.3. The van der Waals surface area contributed by atoms with Crippen LogP contribution in [0.5, 0.6) is 0 Å². The van der Waals surface area contributed by atoms with Crippen LogP contribution in [0.1, 0.15) is 27.7 Å². The van der Waals surface area contributed by atoms with E-state index in [4.69, 9.17) is 14.6 Å². The van der Waals surface area contributed by atoms with Gasteiger partial charge in [0.15, 0.2) is 0 Å². The number of benzene rings is 2. The molecule has 4 rings (SSSR count). The molecule has 0 bridgehead atoms. The lowest BCUT2D eigenvalue weighted by Crippen LogP contribution is -2.29. The molecular weight excluding hydrogens is 470 g/mol. The summed E-state index contributed by atoms with van der Waals surface area (Å²) >= 11 is 1.34. The highest BCUT2D eigenvalue weighted by atomic mass is 32.1. The largest absolute Gasteiger partial charge is 0.480 e. The molecule has 3 aromatic rings. The number of nitrogens with zero attached hydrogens (tertiary/aromatic N) is 1. The Balaban J connectivity index is 1.20. The van der Waals surface area contributed by atoms with E-state index in [0.29, 0.717) is 10.7 Å². The average molecular weight is 496 g/mol. The minimum absolute atomic E-state index is 0.00680. The molecule has 9 nitrogen and oxygen atoms in total. The smallest absolute Gasteiger partial charge is 0.407 e. The Hall–Kier alpha value is -3.76. The van der Waals surface area contributed by atoms with E-state index in [1.165, 1.54) is 22.5 Å². The SMILES string of the molecule is O=C(O)COCCNC(=O)Cc1csc(CNC(=O)OCC2c3ccccc3-c3ccccc32)n1. The van der Waals surface area contributed by atoms with Crippen molar-refractivity contribution in [2.75, 3.05) is 26.4 Å². The zero-order valence-corrected chi connectivity index (χ0v) is 19.7. The molecular formula is C25H25N3O6S. The van der Waals surface area contributed by atoms with Crippen molar-refractivity contribution in [1.82, 2.24) is 15.6 Å². The van der Waals surface area contributed by atoms with Crippen LogP contribution in [0.25, 0.3) is 11.1 Å². The molecule has 2 amide bonds. The Bertz CT molecular complexity index is 1170. The number of rotatable bonds is 11. The maximum atomic E-state index is 12.3. The average Bonchev–Trinajstić information content (AvgIpc) is 3.43. The molecule has 1 aromatic heterocycles. The van der Waals surface area contributed by atoms with Gasteiger partial charge in [-0.1, -0.05) is 48.5 Å². The molecule has 0 saturated heterocycles. The summed E-state index contributed by atoms with van der Waals surface area (Å²) in [7, 11) is 0. The number of hydrogen-bond donors (Lipinski definition) is 3. The molecule has 0 radical (unpaired) electrons. The van der Waals surface area contributed by atoms with E-state index in [1.54, 1.807) is 5.38 Å². The molecule has 0 unspecified atom stereocenters. The van der Waals surface area contributed by atoms with Crippen molar-refractivity contribution >= 4 is 29.3 Å². The van der Waals surface area contributed by atoms with Crippen molar-refractivity contribution in [2.24, 2.45) is 0 Å². The summed E-state index contributed by atoms with van der Waals surface area (Å²) in [4.78, 5) is 39.0. The normalized spacial score (nSPS) is 12.0. The molecule has 10 heteroatoms. The van der Waals surface area contributed by atoms with E-state index in [0.717, 1.165) is 11.1 Å². The van der Waals surface area contributed by atoms with Crippen molar-refractivity contribution in [3.63, 3.8) is 0 Å². The summed E-state index contributed by atoms with van der Waals surface area (Å²) in [5.41, 5.74) is 5.23. The first kappa shape index (κ1) is 24.4. The van der Waals surface area contributed by atoms with E-state index < -0.39 is 18.7 Å². The number of ether oxygens (including phenoxy) is 2. The number of carbonyl (C=O) groups excluding carboxylic acids is 2. The molecule has 0 aliphatic heterocycles. The fourth-order valence-electron chi connectivity index (χ4n) is 3.96. The molecule has 2 aromatic carbocycles. The van der Waals surface area contributed by atoms with Crippen LogP contribution >= 0.6 is 11.3 Å². The molecule has 3 N–H and O–H groups in total. The number of carboxylic acids is 1. The predicted octanol–water partition coefficient (Wildman–Crippen LogP) is 2.94. The van der Waals surface area contributed by atoms with Gasteiger partial charge in [0.05, 0.1) is 25.3 Å². The van der Waals surface area contributed by atoms with Crippen LogP contribution < -0.4 is 10.6 Å². The van der Waals surface area contributed by atoms with Crippen LogP contribution in [0, 0.1) is 0 Å². The molecule has 0 atom stereocenters. The molecule has 182 valence electrons. The number of amides is 2. The Morgan fingerprint density at radius 3 is 2.37 bits per heavy atom. The summed E-state index contributed by atoms with van der Waals surface area (Å²) in [6, 6.07) is 16.3. The maximum absolute atomic E-state index is 12.3. The third-order valence-corrected chi connectivity index (χ3v) is 6.36. The highest BCUT2D eigenvalue weighted by molar-refractivity contribution is 7.09. The Morgan fingerprint density at radius 1 is 1.00 bits per heavy atom. The second-order valence-corrected chi connectivity index (χ2v) is 8.83. The summed E-state index contributed by atoms with van der Waals surface area (Å²) < 4.78 is 10.4. The van der Waals surface area contributed by atoms with Crippen LogP contribution in [0.2, 0.25) is 0 Å². The number of aromatic nitrogens is 1. The number of carboxylic acid groups (broad SMARTS) is 1. The first-order valence-corrected chi connectivity index (χ1v) is 12.0. The fourth-order valence-corrected chi connectivity index (χ4v) is 4.69. The van der Waals surface area contributed by atoms with Gasteiger partial charge in [-0.2, -0.15) is 0 Å². The Morgan fingerprint density at radius 2 is 1.69 bits per heavy atom. The second-order valence-electron chi connectivity index (χ2n) is 7.88. The van der Waals surface area contributed by atoms with Crippen molar-refractivity contribution in [3.8, 4) is 11.1 Å². The van der Waals surface area contributed by atoms with Crippen LogP contribution in [0.4, 0.5) is 4.79 Å². The summed E-state index contributed by atoms with van der Waals surface area (Å²) in [6.45, 7) is 0.365. The first-order valence-electron chi connectivity index (χ1n) is 11.1. The number of carbonyl (C=O) groups is 3. The second kappa shape index (κ2) is 11.6. The van der Waals surface area contributed by atoms with E-state index >= 15 is 0 Å². The first-order chi connectivity index (χ1) is 17.0. The quantitative estimate of drug-likeness (QED) is 0.349. The lowest BCUT2D eigenvalue weighted by Gasteiger charge is -2.14. The number of nitrogens with one attached hydrogen (secondary N) is 2. The van der Waals surface area contributed by atoms with Crippen molar-refractivity contribution in [3.05, 3.63) is 75.7 Å². The van der Waals surface area contributed by atoms with E-state index in [-0.39, 0.29) is 44.5 Å². The van der Waals surface area contributed by atoms with Crippen LogP contribution in [-0.2, 0) is 32.0 Å². The van der Waals surface area contributed by atoms with Crippen molar-refractivity contribution in [1.29, 1.82) is 0 Å². The highest BCUT2D eigenvalue weighted by Crippen LogP contribution is 2.44. The predicted molar refractivity (Wildman–Crippen MR) is 129 cm³/mol. The van der Waals surface area contributed by atoms with Gasteiger partial charge in [-0.15, -0.1) is 11.3 Å². The van der Waals surface area contributed by atoms with Gasteiger partial charge >= 0.3 is 12.1 Å². The minimum Gasteiger partial charge on any atom is -0.480 e. The number of hydrogen-bond acceptors (Lipinski definition) is 7. The van der Waals surface area contributed by atoms with Crippen LogP contribution in [-0.4, -0.2) is 54.4 Å². The van der Waals surface area contributed by atoms with Gasteiger partial charge in [0.25, 0.3) is 0 Å². The summed E-state index contributed by atoms with van der Waals surface area (Å²) in [5.74, 6) is -1.31. The zero-order valence-electron chi connectivity index (χ0n) is 18.9. The van der Waals surface area contributed by atoms with Crippen LogP contribution in [0.3, 0.4) is 0 Å². The fraction of sp³-hybridized carbons (Fsp3) is 0.280. The minimum atomic E-state index is -1.06. The molecule has 0 fully saturated rings. The number of thiazole rings is 1. The lowest BCUT2D eigenvalue weighted by atomic mass is 9.98. The van der Waals surface area contributed by atoms with Crippen molar-refractivity contribution < 1.29 is 29.0 Å². The van der Waals surface area contributed by atoms with Gasteiger partial charge in [0.2, 0.25) is 5.91 Å². The molecule has 1 heterocycles. The van der Waals surface area contributed by atoms with Gasteiger partial charge in [0.1, 0.15) is 18.2 Å². The number of fused-ring (bicyclic) bond motifs is 3. The molecule has 35 heavy (non-hydrogen) atoms. The highest BCUT2D eigenvalue weighted by Gasteiger charge is 2.29. The Labute approximate surface area is 206 Å². The van der Waals surface area contributed by atoms with Gasteiger partial charge in [0, 0.05) is 17.8 Å². The molecule has 1 aliphatic carbocycles. The maximum Gasteiger partial charge on any atom is 0.407 e. The monoisotopic (exact) mass is 495 g/mol.